The lowest BCUT2D eigenvalue weighted by Gasteiger charge is -2.45. The van der Waals surface area contributed by atoms with Crippen LogP contribution in [-0.2, 0) is 15.7 Å². The van der Waals surface area contributed by atoms with E-state index in [9.17, 15) is 41.9 Å². The SMILES string of the molecule is COCCNC(=O)N1C(=O)N(c2cccc(C(F)(F)F)c2)C2=C(C(=O)CCC2)[C@H]1c1ccc(C#N)cc1S(C)(O)O. The lowest BCUT2D eigenvalue weighted by atomic mass is 9.83. The molecule has 0 bridgehead atoms. The Morgan fingerprint density at radius 1 is 1.20 bits per heavy atom. The molecule has 41 heavy (non-hydrogen) atoms. The summed E-state index contributed by atoms with van der Waals surface area (Å²) in [5.74, 6) is -0.460. The highest BCUT2D eigenvalue weighted by molar-refractivity contribution is 8.23. The number of benzene rings is 2. The molecule has 1 aliphatic heterocycles. The minimum atomic E-state index is -4.72. The molecule has 3 N–H and O–H groups in total. The number of amides is 4. The number of hydrogen-bond acceptors (Lipinski definition) is 7. The van der Waals surface area contributed by atoms with Crippen molar-refractivity contribution in [2.24, 2.45) is 0 Å². The quantitative estimate of drug-likeness (QED) is 0.367. The first-order valence-corrected chi connectivity index (χ1v) is 14.4. The zero-order valence-corrected chi connectivity index (χ0v) is 22.9. The Hall–Kier alpha value is -3.90. The number of hydrogen-bond donors (Lipinski definition) is 3. The Morgan fingerprint density at radius 2 is 1.93 bits per heavy atom. The molecule has 1 atom stereocenters. The Bertz CT molecular complexity index is 1460. The summed E-state index contributed by atoms with van der Waals surface area (Å²) in [7, 11) is -2.17. The van der Waals surface area contributed by atoms with Gasteiger partial charge in [-0.1, -0.05) is 12.1 Å². The first kappa shape index (κ1) is 30.1. The van der Waals surface area contributed by atoms with Crippen LogP contribution in [0.15, 0.2) is 58.6 Å². The predicted octanol–water partition coefficient (Wildman–Crippen LogP) is 5.66. The second-order valence-corrected chi connectivity index (χ2v) is 11.6. The molecule has 10 nitrogen and oxygen atoms in total. The molecule has 0 unspecified atom stereocenters. The number of anilines is 1. The summed E-state index contributed by atoms with van der Waals surface area (Å²) in [5, 5.41) is 11.9. The number of carbonyl (C=O) groups excluding carboxylic acids is 3. The average Bonchev–Trinajstić information content (AvgIpc) is 2.91. The molecule has 0 saturated carbocycles. The van der Waals surface area contributed by atoms with Crippen molar-refractivity contribution in [1.82, 2.24) is 10.2 Å². The maximum atomic E-state index is 14.2. The number of imide groups is 1. The number of allylic oxidation sites excluding steroid dienone is 1. The van der Waals surface area contributed by atoms with E-state index < -0.39 is 46.2 Å². The second kappa shape index (κ2) is 11.5. The van der Waals surface area contributed by atoms with E-state index in [4.69, 9.17) is 4.74 Å². The summed E-state index contributed by atoms with van der Waals surface area (Å²) < 4.78 is 67.1. The molecule has 0 spiro atoms. The van der Waals surface area contributed by atoms with E-state index in [-0.39, 0.29) is 59.0 Å². The minimum absolute atomic E-state index is 0.0215. The van der Waals surface area contributed by atoms with Crippen LogP contribution in [0, 0.1) is 11.3 Å². The Labute approximate surface area is 235 Å². The standard InChI is InChI=1S/C27H27F3N4O6S/c1-40-12-11-32-25(36)34-24(19-10-9-16(15-31)13-22(19)41(2,38)39)23-20(7-4-8-21(23)35)33(26(34)37)18-6-3-5-17(14-18)27(28,29)30/h3,5-6,9-10,13-14,24,38-39H,4,7-8,11-12H2,1-2H3,(H,32,36)/t24-/m1/s1. The average molecular weight is 593 g/mol. The van der Waals surface area contributed by atoms with Gasteiger partial charge in [0.25, 0.3) is 0 Å². The van der Waals surface area contributed by atoms with E-state index in [1.807, 2.05) is 6.07 Å². The van der Waals surface area contributed by atoms with Crippen LogP contribution in [-0.4, -0.2) is 58.4 Å². The molecule has 0 radical (unpaired) electrons. The van der Waals surface area contributed by atoms with Crippen molar-refractivity contribution >= 4 is 34.1 Å². The second-order valence-electron chi connectivity index (χ2n) is 9.50. The highest BCUT2D eigenvalue weighted by atomic mass is 32.3. The van der Waals surface area contributed by atoms with Crippen molar-refractivity contribution in [3.05, 3.63) is 70.4 Å². The largest absolute Gasteiger partial charge is 0.416 e. The first-order chi connectivity index (χ1) is 19.3. The van der Waals surface area contributed by atoms with E-state index in [0.29, 0.717) is 11.3 Å². The fraction of sp³-hybridized carbons (Fsp3) is 0.333. The molecule has 0 fully saturated rings. The van der Waals surface area contributed by atoms with Crippen LogP contribution in [0.4, 0.5) is 28.4 Å². The lowest BCUT2D eigenvalue weighted by molar-refractivity contribution is -0.137. The van der Waals surface area contributed by atoms with E-state index in [0.717, 1.165) is 29.4 Å². The molecule has 14 heteroatoms. The number of rotatable bonds is 6. The Kier molecular flexibility index (Phi) is 8.46. The Morgan fingerprint density at radius 3 is 2.56 bits per heavy atom. The van der Waals surface area contributed by atoms with Crippen molar-refractivity contribution < 1.29 is 41.4 Å². The number of halogens is 3. The molecule has 218 valence electrons. The third-order valence-corrected chi connectivity index (χ3v) is 7.90. The molecule has 4 amide bonds. The highest BCUT2D eigenvalue weighted by Crippen LogP contribution is 2.52. The van der Waals surface area contributed by atoms with Crippen LogP contribution in [0.5, 0.6) is 0 Å². The predicted molar refractivity (Wildman–Crippen MR) is 143 cm³/mol. The van der Waals surface area contributed by atoms with Crippen molar-refractivity contribution in [1.29, 1.82) is 5.26 Å². The van der Waals surface area contributed by atoms with Gasteiger partial charge >= 0.3 is 18.2 Å². The van der Waals surface area contributed by atoms with Gasteiger partial charge in [0.05, 0.1) is 34.4 Å². The molecule has 4 rings (SSSR count). The number of Topliss-reactive ketones (excluding diaryl/α,β-unsaturated/α-hetero) is 1. The summed E-state index contributed by atoms with van der Waals surface area (Å²) in [6.45, 7) is 0.0265. The monoisotopic (exact) mass is 592 g/mol. The number of nitrogens with zero attached hydrogens (tertiary/aromatic N) is 3. The molecular weight excluding hydrogens is 565 g/mol. The van der Waals surface area contributed by atoms with Gasteiger partial charge in [0.15, 0.2) is 5.78 Å². The minimum Gasteiger partial charge on any atom is -0.383 e. The number of ether oxygens (including phenoxy) is 1. The number of ketones is 1. The van der Waals surface area contributed by atoms with Gasteiger partial charge in [0.2, 0.25) is 0 Å². The zero-order valence-electron chi connectivity index (χ0n) is 22.1. The maximum absolute atomic E-state index is 14.2. The molecule has 2 aliphatic rings. The van der Waals surface area contributed by atoms with Gasteiger partial charge in [-0.05, 0) is 43.2 Å². The fourth-order valence-electron chi connectivity index (χ4n) is 4.95. The number of alkyl halides is 3. The van der Waals surface area contributed by atoms with Crippen LogP contribution in [0.25, 0.3) is 0 Å². The smallest absolute Gasteiger partial charge is 0.383 e. The van der Waals surface area contributed by atoms with Crippen LogP contribution < -0.4 is 10.2 Å². The topological polar surface area (TPSA) is 143 Å². The van der Waals surface area contributed by atoms with E-state index in [1.165, 1.54) is 31.4 Å². The van der Waals surface area contributed by atoms with Crippen LogP contribution in [0.1, 0.15) is 42.0 Å². The maximum Gasteiger partial charge on any atom is 0.416 e. The third kappa shape index (κ3) is 5.94. The highest BCUT2D eigenvalue weighted by Gasteiger charge is 2.48. The molecule has 0 saturated heterocycles. The van der Waals surface area contributed by atoms with Crippen molar-refractivity contribution in [3.8, 4) is 6.07 Å². The van der Waals surface area contributed by atoms with Gasteiger partial charge in [-0.2, -0.15) is 29.0 Å². The van der Waals surface area contributed by atoms with Crippen LogP contribution in [0.3, 0.4) is 0 Å². The first-order valence-electron chi connectivity index (χ1n) is 12.4. The third-order valence-electron chi connectivity index (χ3n) is 6.71. The van der Waals surface area contributed by atoms with Crippen LogP contribution in [0.2, 0.25) is 0 Å². The van der Waals surface area contributed by atoms with E-state index >= 15 is 0 Å². The van der Waals surface area contributed by atoms with E-state index in [1.54, 1.807) is 0 Å². The van der Waals surface area contributed by atoms with Gasteiger partial charge in [0, 0.05) is 43.2 Å². The number of nitriles is 1. The summed E-state index contributed by atoms with van der Waals surface area (Å²) in [6, 6.07) is 6.31. The number of carbonyl (C=O) groups is 3. The van der Waals surface area contributed by atoms with Crippen LogP contribution >= 0.6 is 10.6 Å². The van der Waals surface area contributed by atoms with Gasteiger partial charge in [-0.25, -0.2) is 14.5 Å². The van der Waals surface area contributed by atoms with Crippen molar-refractivity contribution in [2.45, 2.75) is 36.4 Å². The Balaban J connectivity index is 2.02. The summed E-state index contributed by atoms with van der Waals surface area (Å²) in [5.41, 5.74) is -1.06. The van der Waals surface area contributed by atoms with Crippen molar-refractivity contribution in [2.75, 3.05) is 31.4 Å². The van der Waals surface area contributed by atoms with Gasteiger partial charge in [-0.3, -0.25) is 18.8 Å². The summed E-state index contributed by atoms with van der Waals surface area (Å²) in [4.78, 5) is 42.7. The van der Waals surface area contributed by atoms with Gasteiger partial charge in [0.1, 0.15) is 6.04 Å². The lowest BCUT2D eigenvalue weighted by Crippen LogP contribution is -2.57. The number of methoxy groups -OCH3 is 1. The summed E-state index contributed by atoms with van der Waals surface area (Å²) >= 11 is 0. The van der Waals surface area contributed by atoms with Gasteiger partial charge < -0.3 is 10.1 Å². The fourth-order valence-corrected chi connectivity index (χ4v) is 5.92. The van der Waals surface area contributed by atoms with Crippen molar-refractivity contribution in [3.63, 3.8) is 0 Å². The molecule has 2 aromatic carbocycles. The molecule has 1 heterocycles. The summed E-state index contributed by atoms with van der Waals surface area (Å²) in [6.07, 6.45) is -3.15. The number of urea groups is 2. The zero-order chi connectivity index (χ0) is 30.1. The van der Waals surface area contributed by atoms with Gasteiger partial charge in [-0.15, -0.1) is 0 Å². The molecule has 2 aromatic rings. The number of nitrogens with one attached hydrogen (secondary N) is 1. The normalized spacial score (nSPS) is 18.2. The molecule has 1 aliphatic carbocycles. The molecular formula is C27H27F3N4O6S. The molecule has 0 aromatic heterocycles. The van der Waals surface area contributed by atoms with E-state index in [2.05, 4.69) is 5.32 Å².